The van der Waals surface area contributed by atoms with E-state index < -0.39 is 5.97 Å². The molecule has 6 nitrogen and oxygen atoms in total. The van der Waals surface area contributed by atoms with Crippen LogP contribution in [-0.4, -0.2) is 32.6 Å². The summed E-state index contributed by atoms with van der Waals surface area (Å²) < 4.78 is 6.96. The number of thiophene rings is 1. The van der Waals surface area contributed by atoms with E-state index in [-0.39, 0.29) is 0 Å². The van der Waals surface area contributed by atoms with E-state index in [9.17, 15) is 4.79 Å². The van der Waals surface area contributed by atoms with Crippen LogP contribution in [0.4, 0.5) is 0 Å². The molecule has 0 aromatic carbocycles. The molecule has 3 aromatic rings. The lowest BCUT2D eigenvalue weighted by Gasteiger charge is -2.01. The van der Waals surface area contributed by atoms with Gasteiger partial charge in [-0.25, -0.2) is 14.8 Å². The zero-order chi connectivity index (χ0) is 13.4. The molecular formula is C12H9N3O3S. The number of imidazole rings is 1. The number of fused-ring (bicyclic) bond motifs is 1. The van der Waals surface area contributed by atoms with E-state index in [1.165, 1.54) is 18.4 Å². The molecule has 3 heterocycles. The van der Waals surface area contributed by atoms with Crippen molar-refractivity contribution in [2.75, 3.05) is 7.11 Å². The molecule has 0 unspecified atom stereocenters. The summed E-state index contributed by atoms with van der Waals surface area (Å²) in [6, 6.07) is 3.35. The molecule has 0 aliphatic heterocycles. The van der Waals surface area contributed by atoms with Crippen LogP contribution in [0.3, 0.4) is 0 Å². The van der Waals surface area contributed by atoms with Crippen molar-refractivity contribution in [1.82, 2.24) is 14.4 Å². The summed E-state index contributed by atoms with van der Waals surface area (Å²) in [5.74, 6) is -0.493. The predicted molar refractivity (Wildman–Crippen MR) is 69.8 cm³/mol. The number of ether oxygens (including phenoxy) is 1. The summed E-state index contributed by atoms with van der Waals surface area (Å²) in [5.41, 5.74) is 1.42. The zero-order valence-corrected chi connectivity index (χ0v) is 10.7. The third-order valence-corrected chi connectivity index (χ3v) is 3.75. The second-order valence-corrected chi connectivity index (χ2v) is 4.83. The van der Waals surface area contributed by atoms with Gasteiger partial charge in [0.05, 0.1) is 23.9 Å². The van der Waals surface area contributed by atoms with Gasteiger partial charge in [0.2, 0.25) is 5.65 Å². The summed E-state index contributed by atoms with van der Waals surface area (Å²) in [5, 5.41) is 8.95. The van der Waals surface area contributed by atoms with Gasteiger partial charge in [-0.1, -0.05) is 0 Å². The molecule has 0 fully saturated rings. The van der Waals surface area contributed by atoms with E-state index in [0.29, 0.717) is 16.4 Å². The van der Waals surface area contributed by atoms with Gasteiger partial charge >= 0.3 is 5.97 Å². The van der Waals surface area contributed by atoms with Gasteiger partial charge in [0, 0.05) is 12.4 Å². The van der Waals surface area contributed by atoms with Crippen LogP contribution in [0.15, 0.2) is 30.7 Å². The van der Waals surface area contributed by atoms with E-state index in [4.69, 9.17) is 9.84 Å². The average molecular weight is 275 g/mol. The fourth-order valence-corrected chi connectivity index (χ4v) is 2.66. The summed E-state index contributed by atoms with van der Waals surface area (Å²) in [6.07, 6.45) is 5.06. The third-order valence-electron chi connectivity index (χ3n) is 2.66. The maximum absolute atomic E-state index is 10.9. The number of carboxylic acids is 1. The lowest BCUT2D eigenvalue weighted by molar-refractivity contribution is 0.0702. The Kier molecular flexibility index (Phi) is 2.68. The first-order valence-corrected chi connectivity index (χ1v) is 6.22. The molecule has 0 spiro atoms. The number of rotatable bonds is 3. The van der Waals surface area contributed by atoms with Crippen molar-refractivity contribution in [2.45, 2.75) is 0 Å². The Morgan fingerprint density at radius 1 is 1.42 bits per heavy atom. The summed E-state index contributed by atoms with van der Waals surface area (Å²) in [7, 11) is 1.53. The largest absolute Gasteiger partial charge is 0.478 e. The molecule has 0 aliphatic carbocycles. The SMILES string of the molecule is COc1nccn2c(-c3ccc(C(=O)O)s3)cnc12. The fraction of sp³-hybridized carbons (Fsp3) is 0.0833. The smallest absolute Gasteiger partial charge is 0.345 e. The molecule has 0 aliphatic rings. The summed E-state index contributed by atoms with van der Waals surface area (Å²) >= 11 is 1.21. The predicted octanol–water partition coefficient (Wildman–Crippen LogP) is 2.16. The van der Waals surface area contributed by atoms with Crippen molar-refractivity contribution in [1.29, 1.82) is 0 Å². The zero-order valence-electron chi connectivity index (χ0n) is 9.90. The summed E-state index contributed by atoms with van der Waals surface area (Å²) in [4.78, 5) is 20.4. The fourth-order valence-electron chi connectivity index (χ4n) is 1.81. The molecule has 1 N–H and O–H groups in total. The Bertz CT molecular complexity index is 763. The monoisotopic (exact) mass is 275 g/mol. The van der Waals surface area contributed by atoms with E-state index in [1.54, 1.807) is 30.7 Å². The molecule has 0 amide bonds. The molecule has 3 aromatic heterocycles. The van der Waals surface area contributed by atoms with Crippen LogP contribution < -0.4 is 4.74 Å². The topological polar surface area (TPSA) is 76.7 Å². The average Bonchev–Trinajstić information content (AvgIpc) is 3.04. The van der Waals surface area contributed by atoms with Crippen molar-refractivity contribution in [3.8, 4) is 16.5 Å². The van der Waals surface area contributed by atoms with Crippen molar-refractivity contribution < 1.29 is 14.6 Å². The molecule has 7 heteroatoms. The number of aromatic nitrogens is 3. The minimum absolute atomic E-state index is 0.297. The van der Waals surface area contributed by atoms with Crippen LogP contribution in [0.2, 0.25) is 0 Å². The number of carboxylic acid groups (broad SMARTS) is 1. The van der Waals surface area contributed by atoms with Gasteiger partial charge in [-0.05, 0) is 12.1 Å². The molecule has 0 saturated heterocycles. The normalized spacial score (nSPS) is 10.8. The van der Waals surface area contributed by atoms with Crippen molar-refractivity contribution >= 4 is 23.0 Å². The Hall–Kier alpha value is -2.41. The minimum atomic E-state index is -0.927. The number of carbonyl (C=O) groups is 1. The second kappa shape index (κ2) is 4.36. The number of hydrogen-bond donors (Lipinski definition) is 1. The van der Waals surface area contributed by atoms with Crippen LogP contribution in [0, 0.1) is 0 Å². The number of methoxy groups -OCH3 is 1. The van der Waals surface area contributed by atoms with Gasteiger partial charge in [0.15, 0.2) is 0 Å². The molecule has 0 radical (unpaired) electrons. The van der Waals surface area contributed by atoms with Gasteiger partial charge < -0.3 is 9.84 Å². The maximum Gasteiger partial charge on any atom is 0.345 e. The van der Waals surface area contributed by atoms with Gasteiger partial charge in [-0.3, -0.25) is 4.40 Å². The van der Waals surface area contributed by atoms with Gasteiger partial charge in [0.25, 0.3) is 5.88 Å². The van der Waals surface area contributed by atoms with E-state index in [2.05, 4.69) is 9.97 Å². The molecule has 0 saturated carbocycles. The molecule has 3 rings (SSSR count). The molecule has 96 valence electrons. The molecule has 19 heavy (non-hydrogen) atoms. The van der Waals surface area contributed by atoms with Crippen LogP contribution in [0.1, 0.15) is 9.67 Å². The van der Waals surface area contributed by atoms with Crippen LogP contribution in [0.5, 0.6) is 5.88 Å². The number of hydrogen-bond acceptors (Lipinski definition) is 5. The highest BCUT2D eigenvalue weighted by Gasteiger charge is 2.14. The van der Waals surface area contributed by atoms with Crippen LogP contribution >= 0.6 is 11.3 Å². The molecule has 0 bridgehead atoms. The lowest BCUT2D eigenvalue weighted by atomic mass is 10.3. The Morgan fingerprint density at radius 2 is 2.26 bits per heavy atom. The van der Waals surface area contributed by atoms with E-state index in [1.807, 2.05) is 4.40 Å². The summed E-state index contributed by atoms with van der Waals surface area (Å²) in [6.45, 7) is 0. The Morgan fingerprint density at radius 3 is 2.95 bits per heavy atom. The van der Waals surface area contributed by atoms with Gasteiger partial charge in [-0.2, -0.15) is 0 Å². The van der Waals surface area contributed by atoms with E-state index >= 15 is 0 Å². The van der Waals surface area contributed by atoms with Crippen molar-refractivity contribution in [3.05, 3.63) is 35.6 Å². The highest BCUT2D eigenvalue weighted by molar-refractivity contribution is 7.17. The number of nitrogens with zero attached hydrogens (tertiary/aromatic N) is 3. The van der Waals surface area contributed by atoms with E-state index in [0.717, 1.165) is 10.6 Å². The first kappa shape index (κ1) is 11.7. The van der Waals surface area contributed by atoms with Gasteiger partial charge in [0.1, 0.15) is 4.88 Å². The Labute approximate surface area is 111 Å². The van der Waals surface area contributed by atoms with Crippen molar-refractivity contribution in [2.24, 2.45) is 0 Å². The standard InChI is InChI=1S/C12H9N3O3S/c1-18-11-10-14-6-7(15(10)5-4-13-11)8-2-3-9(19-8)12(16)17/h2-6H,1H3,(H,16,17). The highest BCUT2D eigenvalue weighted by Crippen LogP contribution is 2.30. The first-order chi connectivity index (χ1) is 9.20. The maximum atomic E-state index is 10.9. The number of aromatic carboxylic acids is 1. The second-order valence-electron chi connectivity index (χ2n) is 3.74. The Balaban J connectivity index is 2.17. The minimum Gasteiger partial charge on any atom is -0.478 e. The van der Waals surface area contributed by atoms with Crippen molar-refractivity contribution in [3.63, 3.8) is 0 Å². The van der Waals surface area contributed by atoms with Crippen LogP contribution in [-0.2, 0) is 0 Å². The third kappa shape index (κ3) is 1.84. The quantitative estimate of drug-likeness (QED) is 0.792. The molecule has 0 atom stereocenters. The van der Waals surface area contributed by atoms with Gasteiger partial charge in [-0.15, -0.1) is 11.3 Å². The molecular weight excluding hydrogens is 266 g/mol. The first-order valence-electron chi connectivity index (χ1n) is 5.40. The van der Waals surface area contributed by atoms with Crippen LogP contribution in [0.25, 0.3) is 16.2 Å². The highest BCUT2D eigenvalue weighted by atomic mass is 32.1. The lowest BCUT2D eigenvalue weighted by Crippen LogP contribution is -1.94.